The van der Waals surface area contributed by atoms with Gasteiger partial charge in [0.1, 0.15) is 0 Å². The third kappa shape index (κ3) is 1.75. The van der Waals surface area contributed by atoms with E-state index < -0.39 is 0 Å². The summed E-state index contributed by atoms with van der Waals surface area (Å²) in [5.74, 6) is 0.682. The molecule has 0 fully saturated rings. The molecule has 0 atom stereocenters. The maximum atomic E-state index is 4.94. The Kier molecular flexibility index (Phi) is 2.36. The third-order valence-corrected chi connectivity index (χ3v) is 2.17. The Balaban J connectivity index is 2.40. The van der Waals surface area contributed by atoms with E-state index in [0.29, 0.717) is 5.88 Å². The molecule has 0 aliphatic carbocycles. The maximum absolute atomic E-state index is 4.94. The van der Waals surface area contributed by atoms with Crippen molar-refractivity contribution < 1.29 is 3.83 Å². The number of hydrogen-bond donors (Lipinski definition) is 1. The van der Waals surface area contributed by atoms with E-state index in [0.717, 1.165) is 11.3 Å². The summed E-state index contributed by atoms with van der Waals surface area (Å²) in [6, 6.07) is 8.04. The summed E-state index contributed by atoms with van der Waals surface area (Å²) >= 11 is 2.93. The summed E-state index contributed by atoms with van der Waals surface area (Å²) in [6.07, 6.45) is 5.82. The van der Waals surface area contributed by atoms with Crippen LogP contribution in [0.1, 0.15) is 5.56 Å². The number of halogens is 1. The zero-order valence-electron chi connectivity index (χ0n) is 6.83. The first-order valence-electron chi connectivity index (χ1n) is 3.93. The Hall–Kier alpha value is -1.22. The average Bonchev–Trinajstić information content (AvgIpc) is 2.38. The highest BCUT2D eigenvalue weighted by Crippen LogP contribution is 2.22. The fourth-order valence-electron chi connectivity index (χ4n) is 1.21. The topological polar surface area (TPSA) is 21.3 Å². The molecule has 1 heterocycles. The van der Waals surface area contributed by atoms with Crippen LogP contribution >= 0.6 is 16.3 Å². The third-order valence-electron chi connectivity index (χ3n) is 1.83. The molecule has 1 N–H and O–H groups in total. The van der Waals surface area contributed by atoms with Gasteiger partial charge in [0.25, 0.3) is 0 Å². The van der Waals surface area contributed by atoms with Crippen LogP contribution in [0.2, 0.25) is 0 Å². The van der Waals surface area contributed by atoms with E-state index in [9.17, 15) is 0 Å². The first-order chi connectivity index (χ1) is 6.40. The van der Waals surface area contributed by atoms with Crippen molar-refractivity contribution in [3.8, 4) is 0 Å². The monoisotopic (exact) mass is 237 g/mol. The Morgan fingerprint density at radius 3 is 2.92 bits per heavy atom. The van der Waals surface area contributed by atoms with Gasteiger partial charge < -0.3 is 9.15 Å². The van der Waals surface area contributed by atoms with Crippen LogP contribution in [-0.4, -0.2) is 0 Å². The first kappa shape index (κ1) is 8.38. The van der Waals surface area contributed by atoms with E-state index in [2.05, 4.69) is 21.6 Å². The fourth-order valence-corrected chi connectivity index (χ4v) is 1.40. The molecule has 1 aromatic rings. The smallest absolute Gasteiger partial charge is 0.205 e. The molecule has 0 radical (unpaired) electrons. The van der Waals surface area contributed by atoms with E-state index in [4.69, 9.17) is 3.83 Å². The highest BCUT2D eigenvalue weighted by molar-refractivity contribution is 9.06. The number of allylic oxidation sites excluding steroid dienone is 2. The van der Waals surface area contributed by atoms with Crippen LogP contribution in [0.15, 0.2) is 42.3 Å². The van der Waals surface area contributed by atoms with Crippen molar-refractivity contribution in [3.05, 3.63) is 47.9 Å². The molecular formula is C10H8BrNO. The highest BCUT2D eigenvalue weighted by atomic mass is 79.9. The quantitative estimate of drug-likeness (QED) is 0.810. The maximum Gasteiger partial charge on any atom is 0.205 e. The summed E-state index contributed by atoms with van der Waals surface area (Å²) in [5.41, 5.74) is 2.19. The molecule has 1 aliphatic rings. The molecule has 0 saturated carbocycles. The Morgan fingerprint density at radius 1 is 1.23 bits per heavy atom. The average molecular weight is 238 g/mol. The molecule has 1 aromatic carbocycles. The predicted molar refractivity (Wildman–Crippen MR) is 57.2 cm³/mol. The number of nitrogens with one attached hydrogen (secondary N) is 1. The summed E-state index contributed by atoms with van der Waals surface area (Å²) in [7, 11) is 0. The van der Waals surface area contributed by atoms with Crippen LogP contribution < -0.4 is 5.32 Å². The van der Waals surface area contributed by atoms with Gasteiger partial charge in [0.05, 0.1) is 0 Å². The fraction of sp³-hybridized carbons (Fsp3) is 0. The van der Waals surface area contributed by atoms with Gasteiger partial charge in [0.2, 0.25) is 5.88 Å². The van der Waals surface area contributed by atoms with Gasteiger partial charge in [-0.2, -0.15) is 0 Å². The van der Waals surface area contributed by atoms with Gasteiger partial charge in [0.15, 0.2) is 16.3 Å². The second-order valence-corrected chi connectivity index (χ2v) is 3.00. The lowest BCUT2D eigenvalue weighted by Crippen LogP contribution is -1.98. The van der Waals surface area contributed by atoms with Gasteiger partial charge in [-0.25, -0.2) is 0 Å². The van der Waals surface area contributed by atoms with Crippen molar-refractivity contribution in [2.75, 3.05) is 5.32 Å². The van der Waals surface area contributed by atoms with Crippen LogP contribution in [0.4, 0.5) is 5.69 Å². The zero-order valence-corrected chi connectivity index (χ0v) is 8.41. The predicted octanol–water partition coefficient (Wildman–Crippen LogP) is 3.29. The summed E-state index contributed by atoms with van der Waals surface area (Å²) < 4.78 is 4.94. The molecule has 1 aliphatic heterocycles. The molecule has 0 aromatic heterocycles. The lowest BCUT2D eigenvalue weighted by atomic mass is 10.2. The number of rotatable bonds is 1. The molecule has 0 amide bonds. The minimum atomic E-state index is 0.682. The summed E-state index contributed by atoms with van der Waals surface area (Å²) in [6.45, 7) is 0. The van der Waals surface area contributed by atoms with Crippen molar-refractivity contribution in [2.45, 2.75) is 0 Å². The van der Waals surface area contributed by atoms with Crippen LogP contribution in [0, 0.1) is 0 Å². The molecule has 13 heavy (non-hydrogen) atoms. The number of anilines is 1. The molecule has 0 unspecified atom stereocenters. The van der Waals surface area contributed by atoms with E-state index in [-0.39, 0.29) is 0 Å². The van der Waals surface area contributed by atoms with Gasteiger partial charge in [0, 0.05) is 5.69 Å². The second-order valence-electron chi connectivity index (χ2n) is 2.68. The Labute approximate surface area is 85.4 Å². The first-order valence-corrected chi connectivity index (χ1v) is 4.58. The number of benzene rings is 1. The summed E-state index contributed by atoms with van der Waals surface area (Å²) in [4.78, 5) is 0. The van der Waals surface area contributed by atoms with Crippen LogP contribution in [0.25, 0.3) is 6.08 Å². The van der Waals surface area contributed by atoms with Crippen molar-refractivity contribution in [1.29, 1.82) is 0 Å². The lowest BCUT2D eigenvalue weighted by Gasteiger charge is -2.07. The Morgan fingerprint density at radius 2 is 2.08 bits per heavy atom. The van der Waals surface area contributed by atoms with E-state index in [1.807, 2.05) is 42.5 Å². The normalized spacial score (nSPS) is 13.8. The van der Waals surface area contributed by atoms with E-state index in [1.54, 1.807) is 0 Å². The van der Waals surface area contributed by atoms with Crippen molar-refractivity contribution in [2.24, 2.45) is 0 Å². The number of para-hydroxylation sites is 1. The summed E-state index contributed by atoms with van der Waals surface area (Å²) in [5, 5.41) is 3.14. The number of hydrogen-bond acceptors (Lipinski definition) is 2. The number of fused-ring (bicyclic) bond motifs is 1. The van der Waals surface area contributed by atoms with Crippen LogP contribution in [0.3, 0.4) is 0 Å². The zero-order chi connectivity index (χ0) is 9.10. The minimum absolute atomic E-state index is 0.682. The molecule has 0 bridgehead atoms. The molecule has 0 spiro atoms. The highest BCUT2D eigenvalue weighted by Gasteiger charge is 2.03. The molecule has 0 saturated heterocycles. The lowest BCUT2D eigenvalue weighted by molar-refractivity contribution is 0.535. The standard InChI is InChI=1S/C10H8BrNO/c11-13-10-7-3-5-8-4-1-2-6-9(8)12-10/h1-7,12H. The van der Waals surface area contributed by atoms with Gasteiger partial charge >= 0.3 is 0 Å². The Bertz CT molecular complexity index is 371. The molecule has 3 heteroatoms. The molecule has 66 valence electrons. The SMILES string of the molecule is BrOC1=CC=Cc2ccccc2N1. The van der Waals surface area contributed by atoms with E-state index >= 15 is 0 Å². The minimum Gasteiger partial charge on any atom is -0.400 e. The van der Waals surface area contributed by atoms with Gasteiger partial charge in [-0.1, -0.05) is 30.4 Å². The van der Waals surface area contributed by atoms with Gasteiger partial charge in [-0.3, -0.25) is 0 Å². The van der Waals surface area contributed by atoms with Crippen LogP contribution in [-0.2, 0) is 3.83 Å². The molecule has 2 nitrogen and oxygen atoms in total. The van der Waals surface area contributed by atoms with Gasteiger partial charge in [-0.15, -0.1) is 0 Å². The van der Waals surface area contributed by atoms with Crippen molar-refractivity contribution in [1.82, 2.24) is 0 Å². The largest absolute Gasteiger partial charge is 0.400 e. The van der Waals surface area contributed by atoms with Crippen molar-refractivity contribution >= 4 is 28.0 Å². The second kappa shape index (κ2) is 3.66. The molecule has 2 rings (SSSR count). The van der Waals surface area contributed by atoms with Crippen molar-refractivity contribution in [3.63, 3.8) is 0 Å². The molecular weight excluding hydrogens is 230 g/mol. The van der Waals surface area contributed by atoms with Crippen LogP contribution in [0.5, 0.6) is 0 Å². The van der Waals surface area contributed by atoms with Gasteiger partial charge in [-0.05, 0) is 17.7 Å². The van der Waals surface area contributed by atoms with E-state index in [1.165, 1.54) is 0 Å².